The number of anilines is 1. The van der Waals surface area contributed by atoms with Crippen LogP contribution in [0.3, 0.4) is 0 Å². The number of aromatic nitrogens is 3. The first kappa shape index (κ1) is 22.2. The molecular weight excluding hydrogens is 447 g/mol. The number of carbonyl (C=O) groups excluding carboxylic acids is 1. The fourth-order valence-electron chi connectivity index (χ4n) is 2.82. The summed E-state index contributed by atoms with van der Waals surface area (Å²) in [7, 11) is 0. The zero-order chi connectivity index (χ0) is 21.0. The van der Waals surface area contributed by atoms with Crippen LogP contribution in [0.4, 0.5) is 5.69 Å². The van der Waals surface area contributed by atoms with Gasteiger partial charge >= 0.3 is 0 Å². The van der Waals surface area contributed by atoms with Gasteiger partial charge in [-0.2, -0.15) is 0 Å². The number of amides is 1. The van der Waals surface area contributed by atoms with Crippen molar-refractivity contribution >= 4 is 57.9 Å². The highest BCUT2D eigenvalue weighted by Crippen LogP contribution is 2.31. The van der Waals surface area contributed by atoms with E-state index in [9.17, 15) is 4.79 Å². The van der Waals surface area contributed by atoms with Crippen LogP contribution in [0, 0.1) is 0 Å². The van der Waals surface area contributed by atoms with Gasteiger partial charge in [-0.25, -0.2) is 0 Å². The van der Waals surface area contributed by atoms with Gasteiger partial charge in [0.15, 0.2) is 11.0 Å². The van der Waals surface area contributed by atoms with Crippen molar-refractivity contribution in [3.8, 4) is 11.4 Å². The molecule has 3 aromatic rings. The molecule has 0 bridgehead atoms. The molecule has 0 radical (unpaired) electrons. The number of aryl methyl sites for hydroxylation is 1. The minimum Gasteiger partial charge on any atom is -0.324 e. The van der Waals surface area contributed by atoms with Gasteiger partial charge in [0, 0.05) is 26.9 Å². The standard InChI is InChI=1S/C20H22Cl2N4OS2/c1-4-5-15-8-13(10-28-15)19-24-25-20(26(19)12(2)3)29-11-18(27)23-17-9-14(21)6-7-16(17)22/h6-10,12H,4-5,11H2,1-3H3,(H,23,27). The van der Waals surface area contributed by atoms with Crippen molar-refractivity contribution in [1.29, 1.82) is 0 Å². The van der Waals surface area contributed by atoms with Crippen molar-refractivity contribution in [2.45, 2.75) is 44.8 Å². The lowest BCUT2D eigenvalue weighted by molar-refractivity contribution is -0.113. The third-order valence-electron chi connectivity index (χ3n) is 4.12. The summed E-state index contributed by atoms with van der Waals surface area (Å²) < 4.78 is 2.07. The Morgan fingerprint density at radius 1 is 1.28 bits per heavy atom. The summed E-state index contributed by atoms with van der Waals surface area (Å²) in [5, 5.41) is 15.3. The maximum absolute atomic E-state index is 12.4. The van der Waals surface area contributed by atoms with E-state index in [1.807, 2.05) is 0 Å². The minimum atomic E-state index is -0.181. The molecule has 0 atom stereocenters. The van der Waals surface area contributed by atoms with Gasteiger partial charge in [0.25, 0.3) is 0 Å². The van der Waals surface area contributed by atoms with Crippen molar-refractivity contribution in [2.24, 2.45) is 0 Å². The Morgan fingerprint density at radius 2 is 2.07 bits per heavy atom. The maximum atomic E-state index is 12.4. The number of nitrogens with one attached hydrogen (secondary N) is 1. The maximum Gasteiger partial charge on any atom is 0.234 e. The predicted molar refractivity (Wildman–Crippen MR) is 124 cm³/mol. The first-order chi connectivity index (χ1) is 13.9. The van der Waals surface area contributed by atoms with E-state index in [1.54, 1.807) is 29.5 Å². The molecule has 0 saturated carbocycles. The number of benzene rings is 1. The van der Waals surface area contributed by atoms with Crippen LogP contribution in [0.2, 0.25) is 10.0 Å². The second kappa shape index (κ2) is 9.98. The SMILES string of the molecule is CCCc1cc(-c2nnc(SCC(=O)Nc3cc(Cl)ccc3Cl)n2C(C)C)cs1. The first-order valence-corrected chi connectivity index (χ1v) is 11.9. The molecule has 0 saturated heterocycles. The second-order valence-corrected chi connectivity index (χ2v) is 9.56. The molecule has 0 aliphatic heterocycles. The molecule has 1 aromatic carbocycles. The average Bonchev–Trinajstić information content (AvgIpc) is 3.30. The predicted octanol–water partition coefficient (Wildman–Crippen LogP) is 6.58. The molecule has 9 heteroatoms. The molecule has 0 spiro atoms. The monoisotopic (exact) mass is 468 g/mol. The van der Waals surface area contributed by atoms with Gasteiger partial charge in [-0.1, -0.05) is 48.3 Å². The molecule has 2 heterocycles. The molecule has 5 nitrogen and oxygen atoms in total. The highest BCUT2D eigenvalue weighted by atomic mass is 35.5. The van der Waals surface area contributed by atoms with Crippen molar-refractivity contribution < 1.29 is 4.79 Å². The Morgan fingerprint density at radius 3 is 2.79 bits per heavy atom. The zero-order valence-electron chi connectivity index (χ0n) is 16.4. The number of hydrogen-bond acceptors (Lipinski definition) is 5. The van der Waals surface area contributed by atoms with Gasteiger partial charge in [-0.15, -0.1) is 21.5 Å². The Bertz CT molecular complexity index is 1000. The van der Waals surface area contributed by atoms with Crippen LogP contribution >= 0.6 is 46.3 Å². The minimum absolute atomic E-state index is 0.169. The largest absolute Gasteiger partial charge is 0.324 e. The normalized spacial score (nSPS) is 11.2. The molecule has 0 fully saturated rings. The van der Waals surface area contributed by atoms with Crippen LogP contribution < -0.4 is 5.32 Å². The lowest BCUT2D eigenvalue weighted by Gasteiger charge is -2.13. The van der Waals surface area contributed by atoms with Gasteiger partial charge in [0.1, 0.15) is 0 Å². The number of rotatable bonds is 8. The lowest BCUT2D eigenvalue weighted by Crippen LogP contribution is -2.15. The Labute approximate surface area is 188 Å². The summed E-state index contributed by atoms with van der Waals surface area (Å²) in [5.41, 5.74) is 1.57. The Balaban J connectivity index is 1.73. The molecular formula is C20H22Cl2N4OS2. The number of hydrogen-bond donors (Lipinski definition) is 1. The summed E-state index contributed by atoms with van der Waals surface area (Å²) in [4.78, 5) is 13.7. The van der Waals surface area contributed by atoms with E-state index in [1.165, 1.54) is 16.6 Å². The number of thiophene rings is 1. The highest BCUT2D eigenvalue weighted by Gasteiger charge is 2.19. The van der Waals surface area contributed by atoms with Crippen LogP contribution in [0.5, 0.6) is 0 Å². The van der Waals surface area contributed by atoms with Crippen molar-refractivity contribution in [2.75, 3.05) is 11.1 Å². The second-order valence-electron chi connectivity index (χ2n) is 6.78. The molecule has 154 valence electrons. The summed E-state index contributed by atoms with van der Waals surface area (Å²) in [6.07, 6.45) is 2.18. The van der Waals surface area contributed by atoms with Crippen molar-refractivity contribution in [3.05, 3.63) is 44.6 Å². The van der Waals surface area contributed by atoms with Crippen LogP contribution in [-0.2, 0) is 11.2 Å². The lowest BCUT2D eigenvalue weighted by atomic mass is 10.2. The molecule has 3 rings (SSSR count). The molecule has 0 aliphatic rings. The van der Waals surface area contributed by atoms with Crippen LogP contribution in [0.25, 0.3) is 11.4 Å². The van der Waals surface area contributed by atoms with Crippen LogP contribution in [-0.4, -0.2) is 26.4 Å². The van der Waals surface area contributed by atoms with E-state index < -0.39 is 0 Å². The molecule has 0 unspecified atom stereocenters. The van der Waals surface area contributed by atoms with E-state index in [4.69, 9.17) is 23.2 Å². The molecule has 0 aliphatic carbocycles. The fraction of sp³-hybridized carbons (Fsp3) is 0.350. The summed E-state index contributed by atoms with van der Waals surface area (Å²) in [5.74, 6) is 0.845. The third kappa shape index (κ3) is 5.54. The third-order valence-corrected chi connectivity index (χ3v) is 6.63. The van der Waals surface area contributed by atoms with Gasteiger partial charge in [-0.05, 0) is 44.5 Å². The number of nitrogens with zero attached hydrogens (tertiary/aromatic N) is 3. The average molecular weight is 469 g/mol. The van der Waals surface area contributed by atoms with Gasteiger partial charge in [0.2, 0.25) is 5.91 Å². The molecule has 1 N–H and O–H groups in total. The number of thioether (sulfide) groups is 1. The van der Waals surface area contributed by atoms with Gasteiger partial charge < -0.3 is 5.32 Å². The molecule has 1 amide bonds. The highest BCUT2D eigenvalue weighted by molar-refractivity contribution is 7.99. The Hall–Kier alpha value is -1.54. The summed E-state index contributed by atoms with van der Waals surface area (Å²) in [6, 6.07) is 7.31. The smallest absolute Gasteiger partial charge is 0.234 e. The van der Waals surface area contributed by atoms with E-state index in [0.717, 1.165) is 24.2 Å². The summed E-state index contributed by atoms with van der Waals surface area (Å²) >= 11 is 15.2. The number of halogens is 2. The van der Waals surface area contributed by atoms with Gasteiger partial charge in [0.05, 0.1) is 16.5 Å². The quantitative estimate of drug-likeness (QED) is 0.379. The van der Waals surface area contributed by atoms with Crippen molar-refractivity contribution in [3.63, 3.8) is 0 Å². The topological polar surface area (TPSA) is 59.8 Å². The van der Waals surface area contributed by atoms with E-state index in [-0.39, 0.29) is 17.7 Å². The van der Waals surface area contributed by atoms with Crippen LogP contribution in [0.15, 0.2) is 34.8 Å². The Kier molecular flexibility index (Phi) is 7.62. The fourth-order valence-corrected chi connectivity index (χ4v) is 5.00. The summed E-state index contributed by atoms with van der Waals surface area (Å²) in [6.45, 7) is 6.34. The zero-order valence-corrected chi connectivity index (χ0v) is 19.6. The molecule has 29 heavy (non-hydrogen) atoms. The van der Waals surface area contributed by atoms with E-state index in [0.29, 0.717) is 20.9 Å². The van der Waals surface area contributed by atoms with Crippen molar-refractivity contribution in [1.82, 2.24) is 14.8 Å². The number of carbonyl (C=O) groups is 1. The van der Waals surface area contributed by atoms with Gasteiger partial charge in [-0.3, -0.25) is 9.36 Å². The first-order valence-electron chi connectivity index (χ1n) is 9.29. The van der Waals surface area contributed by atoms with Crippen LogP contribution in [0.1, 0.15) is 38.1 Å². The van der Waals surface area contributed by atoms with E-state index in [2.05, 4.69) is 52.3 Å². The van der Waals surface area contributed by atoms with E-state index >= 15 is 0 Å². The molecule has 2 aromatic heterocycles.